The first kappa shape index (κ1) is 19.2. The van der Waals surface area contributed by atoms with Gasteiger partial charge in [0.05, 0.1) is 0 Å². The van der Waals surface area contributed by atoms with Crippen LogP contribution in [0, 0.1) is 29.1 Å². The van der Waals surface area contributed by atoms with Gasteiger partial charge in [0.1, 0.15) is 6.10 Å². The van der Waals surface area contributed by atoms with Crippen molar-refractivity contribution in [3.05, 3.63) is 22.7 Å². The first-order valence-corrected chi connectivity index (χ1v) is 11.0. The van der Waals surface area contributed by atoms with E-state index in [1.165, 1.54) is 32.1 Å². The van der Waals surface area contributed by atoms with Gasteiger partial charge in [0.15, 0.2) is 0 Å². The largest absolute Gasteiger partial charge is 0.458 e. The molecule has 0 spiro atoms. The van der Waals surface area contributed by atoms with Crippen LogP contribution in [0.15, 0.2) is 22.7 Å². The SMILES string of the molecule is C=C1C(=O)O[C@@H](C[C@@H](C)[C@H]2CC[C@H]3/C(=C/Br)CCC[C@]23C)[C@H]1CCC. The smallest absolute Gasteiger partial charge is 0.334 e. The van der Waals surface area contributed by atoms with Crippen molar-refractivity contribution < 1.29 is 9.53 Å². The second kappa shape index (κ2) is 7.58. The van der Waals surface area contributed by atoms with Crippen molar-refractivity contribution in [3.8, 4) is 0 Å². The number of cyclic esters (lactones) is 1. The van der Waals surface area contributed by atoms with Gasteiger partial charge >= 0.3 is 5.97 Å². The van der Waals surface area contributed by atoms with Crippen LogP contribution in [0.1, 0.15) is 72.1 Å². The van der Waals surface area contributed by atoms with Crippen LogP contribution in [0.5, 0.6) is 0 Å². The zero-order valence-electron chi connectivity index (χ0n) is 16.0. The Morgan fingerprint density at radius 3 is 2.88 bits per heavy atom. The molecule has 0 aromatic heterocycles. The van der Waals surface area contributed by atoms with E-state index in [4.69, 9.17) is 4.74 Å². The fraction of sp³-hybridized carbons (Fsp3) is 0.773. The Labute approximate surface area is 161 Å². The normalized spacial score (nSPS) is 41.0. The van der Waals surface area contributed by atoms with Gasteiger partial charge in [-0.05, 0) is 73.1 Å². The molecule has 2 nitrogen and oxygen atoms in total. The summed E-state index contributed by atoms with van der Waals surface area (Å²) in [6.45, 7) is 11.1. The van der Waals surface area contributed by atoms with Crippen molar-refractivity contribution in [1.82, 2.24) is 0 Å². The van der Waals surface area contributed by atoms with Gasteiger partial charge in [-0.25, -0.2) is 4.79 Å². The summed E-state index contributed by atoms with van der Waals surface area (Å²) < 4.78 is 5.72. The zero-order chi connectivity index (χ0) is 18.2. The second-order valence-corrected chi connectivity index (χ2v) is 9.31. The third-order valence-corrected chi connectivity index (χ3v) is 8.07. The maximum atomic E-state index is 12.0. The van der Waals surface area contributed by atoms with E-state index >= 15 is 0 Å². The molecule has 0 unspecified atom stereocenters. The highest BCUT2D eigenvalue weighted by atomic mass is 79.9. The Kier molecular flexibility index (Phi) is 5.82. The van der Waals surface area contributed by atoms with E-state index in [0.717, 1.165) is 31.1 Å². The predicted molar refractivity (Wildman–Crippen MR) is 106 cm³/mol. The quantitative estimate of drug-likeness (QED) is 0.388. The zero-order valence-corrected chi connectivity index (χ0v) is 17.6. The van der Waals surface area contributed by atoms with E-state index in [-0.39, 0.29) is 18.0 Å². The molecule has 3 aliphatic rings. The summed E-state index contributed by atoms with van der Waals surface area (Å²) in [7, 11) is 0. The predicted octanol–water partition coefficient (Wildman–Crippen LogP) is 6.41. The highest BCUT2D eigenvalue weighted by Gasteiger charge is 2.51. The molecule has 3 fully saturated rings. The average Bonchev–Trinajstić information content (AvgIpc) is 3.06. The van der Waals surface area contributed by atoms with Crippen LogP contribution >= 0.6 is 15.9 Å². The highest BCUT2D eigenvalue weighted by Crippen LogP contribution is 2.60. The molecule has 1 heterocycles. The lowest BCUT2D eigenvalue weighted by molar-refractivity contribution is -0.140. The molecule has 0 amide bonds. The van der Waals surface area contributed by atoms with E-state index in [2.05, 4.69) is 48.3 Å². The van der Waals surface area contributed by atoms with Crippen LogP contribution in [0.4, 0.5) is 0 Å². The summed E-state index contributed by atoms with van der Waals surface area (Å²) >= 11 is 3.61. The lowest BCUT2D eigenvalue weighted by atomic mass is 9.61. The van der Waals surface area contributed by atoms with E-state index in [0.29, 0.717) is 16.9 Å². The van der Waals surface area contributed by atoms with Gasteiger partial charge in [-0.2, -0.15) is 0 Å². The summed E-state index contributed by atoms with van der Waals surface area (Å²) in [5.41, 5.74) is 2.74. The van der Waals surface area contributed by atoms with E-state index < -0.39 is 0 Å². The van der Waals surface area contributed by atoms with E-state index in [1.807, 2.05) is 0 Å². The molecule has 2 saturated carbocycles. The van der Waals surface area contributed by atoms with Crippen LogP contribution in [0.25, 0.3) is 0 Å². The minimum atomic E-state index is -0.159. The maximum Gasteiger partial charge on any atom is 0.334 e. The molecule has 2 aliphatic carbocycles. The van der Waals surface area contributed by atoms with Crippen LogP contribution < -0.4 is 0 Å². The molecule has 0 bridgehead atoms. The van der Waals surface area contributed by atoms with Crippen molar-refractivity contribution in [1.29, 1.82) is 0 Å². The van der Waals surface area contributed by atoms with Gasteiger partial charge < -0.3 is 4.74 Å². The number of esters is 1. The first-order chi connectivity index (χ1) is 11.9. The van der Waals surface area contributed by atoms with Crippen LogP contribution in [-0.2, 0) is 9.53 Å². The number of hydrogen-bond acceptors (Lipinski definition) is 2. The summed E-state index contributed by atoms with van der Waals surface area (Å²) in [6.07, 6.45) is 9.67. The molecular weight excluding hydrogens is 376 g/mol. The second-order valence-electron chi connectivity index (χ2n) is 8.86. The van der Waals surface area contributed by atoms with Gasteiger partial charge in [0.2, 0.25) is 0 Å². The lowest BCUT2D eigenvalue weighted by Crippen LogP contribution is -2.37. The number of allylic oxidation sites excluding steroid dienone is 1. The average molecular weight is 409 g/mol. The Hall–Kier alpha value is -0.570. The number of ether oxygens (including phenoxy) is 1. The number of fused-ring (bicyclic) bond motifs is 1. The maximum absolute atomic E-state index is 12.0. The van der Waals surface area contributed by atoms with Crippen molar-refractivity contribution in [2.75, 3.05) is 0 Å². The van der Waals surface area contributed by atoms with Gasteiger partial charge in [0, 0.05) is 11.5 Å². The number of halogens is 1. The van der Waals surface area contributed by atoms with Crippen molar-refractivity contribution in [2.24, 2.45) is 29.1 Å². The molecule has 3 rings (SSSR count). The van der Waals surface area contributed by atoms with E-state index in [9.17, 15) is 4.79 Å². The monoisotopic (exact) mass is 408 g/mol. The van der Waals surface area contributed by atoms with Crippen LogP contribution in [0.3, 0.4) is 0 Å². The molecule has 0 aromatic carbocycles. The van der Waals surface area contributed by atoms with Crippen molar-refractivity contribution in [2.45, 2.75) is 78.2 Å². The molecule has 140 valence electrons. The molecule has 0 N–H and O–H groups in total. The number of rotatable bonds is 5. The van der Waals surface area contributed by atoms with Crippen LogP contribution in [-0.4, -0.2) is 12.1 Å². The number of hydrogen-bond donors (Lipinski definition) is 0. The van der Waals surface area contributed by atoms with Gasteiger partial charge in [0.25, 0.3) is 0 Å². The molecule has 1 saturated heterocycles. The number of carbonyl (C=O) groups is 1. The number of carbonyl (C=O) groups excluding carboxylic acids is 1. The van der Waals surface area contributed by atoms with Crippen molar-refractivity contribution >= 4 is 21.9 Å². The third kappa shape index (κ3) is 3.38. The van der Waals surface area contributed by atoms with Crippen LogP contribution in [0.2, 0.25) is 0 Å². The summed E-state index contributed by atoms with van der Waals surface area (Å²) in [5, 5.41) is 0. The molecule has 0 aromatic rings. The highest BCUT2D eigenvalue weighted by molar-refractivity contribution is 9.11. The van der Waals surface area contributed by atoms with Gasteiger partial charge in [-0.3, -0.25) is 0 Å². The molecule has 3 heteroatoms. The van der Waals surface area contributed by atoms with Gasteiger partial charge in [-0.1, -0.05) is 55.3 Å². The fourth-order valence-corrected chi connectivity index (χ4v) is 6.78. The molecule has 25 heavy (non-hydrogen) atoms. The Morgan fingerprint density at radius 1 is 1.44 bits per heavy atom. The van der Waals surface area contributed by atoms with Gasteiger partial charge in [-0.15, -0.1) is 0 Å². The molecule has 1 aliphatic heterocycles. The topological polar surface area (TPSA) is 26.3 Å². The summed E-state index contributed by atoms with van der Waals surface area (Å²) in [5.74, 6) is 2.13. The summed E-state index contributed by atoms with van der Waals surface area (Å²) in [4.78, 5) is 14.2. The minimum absolute atomic E-state index is 0.0485. The summed E-state index contributed by atoms with van der Waals surface area (Å²) in [6, 6.07) is 0. The fourth-order valence-electron chi connectivity index (χ4n) is 6.23. The van der Waals surface area contributed by atoms with Crippen molar-refractivity contribution in [3.63, 3.8) is 0 Å². The third-order valence-electron chi connectivity index (χ3n) is 7.49. The van der Waals surface area contributed by atoms with E-state index in [1.54, 1.807) is 5.57 Å². The first-order valence-electron chi connectivity index (χ1n) is 10.1. The Bertz CT molecular complexity index is 566. The molecular formula is C22H33BrO2. The standard InChI is InChI=1S/C22H33BrO2/c1-5-7-17-15(3)21(24)25-20(17)12-14(2)18-9-10-19-16(13-23)8-6-11-22(18,19)4/h13-14,17-20H,3,5-12H2,1-2,4H3/b16-13+/t14-,17+,18-,19+,20+,22-/m1/s1. The Balaban J connectivity index is 1.72. The molecule has 6 atom stereocenters. The Morgan fingerprint density at radius 2 is 2.20 bits per heavy atom. The lowest BCUT2D eigenvalue weighted by Gasteiger charge is -2.44. The minimum Gasteiger partial charge on any atom is -0.458 e. The molecule has 0 radical (unpaired) electrons.